The molecule has 1 aromatic heterocycles. The highest BCUT2D eigenvalue weighted by atomic mass is 15.1. The molecule has 4 heteroatoms. The van der Waals surface area contributed by atoms with E-state index in [1.165, 1.54) is 11.1 Å². The minimum Gasteiger partial charge on any atom is -0.399 e. The first-order valence-electron chi connectivity index (χ1n) is 5.74. The summed E-state index contributed by atoms with van der Waals surface area (Å²) in [7, 11) is 0. The first kappa shape index (κ1) is 10.6. The minimum atomic E-state index is 0.444. The number of nitrogen functional groups attached to an aromatic ring is 1. The first-order chi connectivity index (χ1) is 8.76. The second-order valence-electron chi connectivity index (χ2n) is 4.40. The fraction of sp³-hybridized carbons (Fsp3) is 0.143. The molecule has 0 bridgehead atoms. The highest BCUT2D eigenvalue weighted by Crippen LogP contribution is 2.28. The monoisotopic (exact) mass is 236 g/mol. The van der Waals surface area contributed by atoms with E-state index < -0.39 is 0 Å². The van der Waals surface area contributed by atoms with Crippen molar-refractivity contribution in [3.63, 3.8) is 0 Å². The number of hydrogen-bond acceptors (Lipinski definition) is 4. The van der Waals surface area contributed by atoms with Crippen molar-refractivity contribution in [2.24, 2.45) is 0 Å². The van der Waals surface area contributed by atoms with Crippen molar-refractivity contribution in [1.29, 1.82) is 5.26 Å². The number of nitriles is 1. The van der Waals surface area contributed by atoms with Gasteiger partial charge < -0.3 is 10.6 Å². The smallest absolute Gasteiger partial charge is 0.140 e. The molecule has 0 atom stereocenters. The Bertz CT molecular complexity index is 625. The lowest BCUT2D eigenvalue weighted by Gasteiger charge is -2.16. The molecule has 1 aliphatic rings. The fourth-order valence-corrected chi connectivity index (χ4v) is 2.24. The van der Waals surface area contributed by atoms with Gasteiger partial charge >= 0.3 is 0 Å². The van der Waals surface area contributed by atoms with Crippen LogP contribution >= 0.6 is 0 Å². The molecule has 1 aliphatic heterocycles. The summed E-state index contributed by atoms with van der Waals surface area (Å²) in [4.78, 5) is 6.32. The van der Waals surface area contributed by atoms with Gasteiger partial charge in [0, 0.05) is 18.8 Å². The second-order valence-corrected chi connectivity index (χ2v) is 4.40. The maximum atomic E-state index is 8.73. The molecule has 2 aromatic rings. The van der Waals surface area contributed by atoms with Gasteiger partial charge in [0.25, 0.3) is 0 Å². The maximum Gasteiger partial charge on any atom is 0.140 e. The first-order valence-corrected chi connectivity index (χ1v) is 5.74. The van der Waals surface area contributed by atoms with Crippen molar-refractivity contribution in [1.82, 2.24) is 4.98 Å². The molecular weight excluding hydrogens is 224 g/mol. The third-order valence-electron chi connectivity index (χ3n) is 3.18. The molecule has 4 nitrogen and oxygen atoms in total. The summed E-state index contributed by atoms with van der Waals surface area (Å²) in [6, 6.07) is 11.7. The third-order valence-corrected chi connectivity index (χ3v) is 3.18. The molecule has 0 radical (unpaired) electrons. The van der Waals surface area contributed by atoms with Crippen LogP contribution in [0.25, 0.3) is 0 Å². The molecule has 0 unspecified atom stereocenters. The maximum absolute atomic E-state index is 8.73. The Morgan fingerprint density at radius 1 is 1.17 bits per heavy atom. The number of hydrogen-bond donors (Lipinski definition) is 1. The summed E-state index contributed by atoms with van der Waals surface area (Å²) in [5.41, 5.74) is 10.6. The lowest BCUT2D eigenvalue weighted by atomic mass is 10.1. The molecule has 0 amide bonds. The summed E-state index contributed by atoms with van der Waals surface area (Å²) in [6.45, 7) is 1.71. The lowest BCUT2D eigenvalue weighted by Crippen LogP contribution is -2.14. The van der Waals surface area contributed by atoms with E-state index in [9.17, 15) is 0 Å². The molecule has 2 N–H and O–H groups in total. The van der Waals surface area contributed by atoms with Crippen molar-refractivity contribution < 1.29 is 0 Å². The van der Waals surface area contributed by atoms with E-state index in [-0.39, 0.29) is 0 Å². The molecule has 2 heterocycles. The van der Waals surface area contributed by atoms with Gasteiger partial charge in [0.2, 0.25) is 0 Å². The number of rotatable bonds is 1. The van der Waals surface area contributed by atoms with Crippen LogP contribution in [0.3, 0.4) is 0 Å². The van der Waals surface area contributed by atoms with Crippen molar-refractivity contribution in [3.8, 4) is 6.07 Å². The van der Waals surface area contributed by atoms with Crippen molar-refractivity contribution >= 4 is 11.4 Å². The van der Waals surface area contributed by atoms with Gasteiger partial charge in [-0.1, -0.05) is 6.07 Å². The number of pyridine rings is 1. The van der Waals surface area contributed by atoms with Gasteiger partial charge in [-0.15, -0.1) is 0 Å². The molecule has 0 aliphatic carbocycles. The minimum absolute atomic E-state index is 0.444. The van der Waals surface area contributed by atoms with Gasteiger partial charge in [-0.2, -0.15) is 5.26 Å². The zero-order chi connectivity index (χ0) is 12.5. The Labute approximate surface area is 105 Å². The Kier molecular flexibility index (Phi) is 2.38. The summed E-state index contributed by atoms with van der Waals surface area (Å²) >= 11 is 0. The van der Waals surface area contributed by atoms with Crippen molar-refractivity contribution in [2.45, 2.75) is 13.1 Å². The molecule has 3 rings (SSSR count). The van der Waals surface area contributed by atoms with Gasteiger partial charge in [0.1, 0.15) is 11.8 Å². The van der Waals surface area contributed by atoms with Crippen LogP contribution in [0, 0.1) is 11.3 Å². The van der Waals surface area contributed by atoms with Crippen LogP contribution in [-0.4, -0.2) is 4.98 Å². The summed E-state index contributed by atoms with van der Waals surface area (Å²) in [5.74, 6) is 0. The average molecular weight is 236 g/mol. The number of fused-ring (bicyclic) bond motifs is 1. The van der Waals surface area contributed by atoms with E-state index in [1.54, 1.807) is 12.3 Å². The van der Waals surface area contributed by atoms with Gasteiger partial charge in [0.15, 0.2) is 0 Å². The van der Waals surface area contributed by atoms with Gasteiger partial charge in [0.05, 0.1) is 11.9 Å². The van der Waals surface area contributed by atoms with E-state index in [1.807, 2.05) is 24.3 Å². The molecule has 0 fully saturated rings. The Morgan fingerprint density at radius 2 is 2.00 bits per heavy atom. The molecule has 0 saturated carbocycles. The zero-order valence-corrected chi connectivity index (χ0v) is 9.80. The number of aromatic nitrogens is 1. The normalized spacial score (nSPS) is 13.2. The van der Waals surface area contributed by atoms with Gasteiger partial charge in [-0.05, 0) is 35.4 Å². The van der Waals surface area contributed by atoms with Crippen LogP contribution in [0.1, 0.15) is 16.8 Å². The Balaban J connectivity index is 1.87. The van der Waals surface area contributed by atoms with Crippen LogP contribution in [0.15, 0.2) is 36.5 Å². The molecular formula is C14H12N4. The number of benzene rings is 1. The predicted octanol–water partition coefficient (Wildman–Crippen LogP) is 2.06. The van der Waals surface area contributed by atoms with Crippen LogP contribution < -0.4 is 10.6 Å². The lowest BCUT2D eigenvalue weighted by molar-refractivity contribution is 0.875. The van der Waals surface area contributed by atoms with Gasteiger partial charge in [-0.25, -0.2) is 4.98 Å². The van der Waals surface area contributed by atoms with E-state index in [0.29, 0.717) is 5.69 Å². The summed E-state index contributed by atoms with van der Waals surface area (Å²) in [5, 5.41) is 8.73. The number of nitrogens with two attached hydrogens (primary N) is 1. The van der Waals surface area contributed by atoms with Crippen molar-refractivity contribution in [2.75, 3.05) is 10.6 Å². The number of anilines is 2. The van der Waals surface area contributed by atoms with Crippen molar-refractivity contribution in [3.05, 3.63) is 53.3 Å². The van der Waals surface area contributed by atoms with Crippen LogP contribution in [0.2, 0.25) is 0 Å². The Hall–Kier alpha value is -2.54. The van der Waals surface area contributed by atoms with E-state index >= 15 is 0 Å². The van der Waals surface area contributed by atoms with Crippen LogP contribution in [0.4, 0.5) is 11.4 Å². The zero-order valence-electron chi connectivity index (χ0n) is 9.80. The molecule has 18 heavy (non-hydrogen) atoms. The largest absolute Gasteiger partial charge is 0.399 e. The highest BCUT2D eigenvalue weighted by molar-refractivity contribution is 5.54. The molecule has 88 valence electrons. The molecule has 0 saturated heterocycles. The Morgan fingerprint density at radius 3 is 2.72 bits per heavy atom. The van der Waals surface area contributed by atoms with Crippen LogP contribution in [0.5, 0.6) is 0 Å². The topological polar surface area (TPSA) is 65.9 Å². The number of nitrogens with zero attached hydrogens (tertiary/aromatic N) is 3. The SMILES string of the molecule is N#Cc1ccc(N2Cc3ccc(N)cc3C2)cn1. The summed E-state index contributed by atoms with van der Waals surface area (Å²) in [6.07, 6.45) is 1.74. The van der Waals surface area contributed by atoms with E-state index in [0.717, 1.165) is 24.5 Å². The highest BCUT2D eigenvalue weighted by Gasteiger charge is 2.19. The van der Waals surface area contributed by atoms with Crippen LogP contribution in [-0.2, 0) is 13.1 Å². The van der Waals surface area contributed by atoms with E-state index in [4.69, 9.17) is 11.0 Å². The van der Waals surface area contributed by atoms with Gasteiger partial charge in [-0.3, -0.25) is 0 Å². The van der Waals surface area contributed by atoms with E-state index in [2.05, 4.69) is 16.0 Å². The standard InChI is InChI=1S/C14H12N4/c15-6-13-3-4-14(7-17-13)18-8-10-1-2-12(16)5-11(10)9-18/h1-5,7H,8-9,16H2. The summed E-state index contributed by atoms with van der Waals surface area (Å²) < 4.78 is 0. The molecule has 1 aromatic carbocycles. The fourth-order valence-electron chi connectivity index (χ4n) is 2.24. The second kappa shape index (κ2) is 4.04. The predicted molar refractivity (Wildman–Crippen MR) is 69.7 cm³/mol. The molecule has 0 spiro atoms. The quantitative estimate of drug-likeness (QED) is 0.769. The average Bonchev–Trinajstić information content (AvgIpc) is 2.81. The third kappa shape index (κ3) is 1.76.